The first kappa shape index (κ1) is 20.3. The van der Waals surface area contributed by atoms with Crippen molar-refractivity contribution >= 4 is 27.5 Å². The van der Waals surface area contributed by atoms with Gasteiger partial charge in [-0.1, -0.05) is 17.7 Å². The third-order valence-electron chi connectivity index (χ3n) is 3.57. The molecule has 26 heavy (non-hydrogen) atoms. The number of sulfonamides is 1. The molecule has 9 heteroatoms. The van der Waals surface area contributed by atoms with Crippen molar-refractivity contribution in [3.05, 3.63) is 64.7 Å². The predicted molar refractivity (Wildman–Crippen MR) is 94.2 cm³/mol. The molecule has 5 nitrogen and oxygen atoms in total. The van der Waals surface area contributed by atoms with Gasteiger partial charge < -0.3 is 5.32 Å². The summed E-state index contributed by atoms with van der Waals surface area (Å²) < 4.78 is 53.0. The van der Waals surface area contributed by atoms with E-state index in [1.54, 1.807) is 6.92 Å². The van der Waals surface area contributed by atoms with Crippen molar-refractivity contribution in [3.8, 4) is 0 Å². The van der Waals surface area contributed by atoms with Gasteiger partial charge in [-0.05, 0) is 37.3 Å². The molecular weight excluding hydrogens is 386 g/mol. The van der Waals surface area contributed by atoms with E-state index in [-0.39, 0.29) is 23.4 Å². The molecule has 1 atom stereocenters. The Bertz CT molecular complexity index is 889. The van der Waals surface area contributed by atoms with Gasteiger partial charge in [0.25, 0.3) is 0 Å². The fourth-order valence-electron chi connectivity index (χ4n) is 2.24. The quantitative estimate of drug-likeness (QED) is 0.747. The van der Waals surface area contributed by atoms with Gasteiger partial charge in [0.05, 0.1) is 10.9 Å². The maximum Gasteiger partial charge on any atom is 0.240 e. The lowest BCUT2D eigenvalue weighted by Gasteiger charge is -2.15. The van der Waals surface area contributed by atoms with E-state index in [9.17, 15) is 22.0 Å². The van der Waals surface area contributed by atoms with Crippen LogP contribution in [0, 0.1) is 11.6 Å². The van der Waals surface area contributed by atoms with Crippen LogP contribution in [-0.2, 0) is 14.8 Å². The van der Waals surface area contributed by atoms with Crippen molar-refractivity contribution in [2.24, 2.45) is 0 Å². The summed E-state index contributed by atoms with van der Waals surface area (Å²) >= 11 is 5.71. The molecule has 2 N–H and O–H groups in total. The summed E-state index contributed by atoms with van der Waals surface area (Å²) in [4.78, 5) is 11.9. The van der Waals surface area contributed by atoms with Crippen LogP contribution in [0.1, 0.15) is 24.9 Å². The summed E-state index contributed by atoms with van der Waals surface area (Å²) in [5.74, 6) is -1.94. The zero-order valence-corrected chi connectivity index (χ0v) is 15.4. The number of benzene rings is 2. The average Bonchev–Trinajstić information content (AvgIpc) is 2.54. The minimum Gasteiger partial charge on any atom is -0.349 e. The SMILES string of the molecule is C[C@H](NC(=O)CCNS(=O)(=O)c1ccc(Cl)cc1)c1ccc(F)cc1F. The van der Waals surface area contributed by atoms with Crippen LogP contribution in [0.4, 0.5) is 8.78 Å². The van der Waals surface area contributed by atoms with E-state index in [2.05, 4.69) is 10.0 Å². The number of carbonyl (C=O) groups is 1. The fourth-order valence-corrected chi connectivity index (χ4v) is 3.40. The van der Waals surface area contributed by atoms with Gasteiger partial charge in [0.2, 0.25) is 15.9 Å². The van der Waals surface area contributed by atoms with E-state index in [0.29, 0.717) is 5.02 Å². The molecular formula is C17H17ClF2N2O3S. The highest BCUT2D eigenvalue weighted by Gasteiger charge is 2.16. The normalized spacial score (nSPS) is 12.6. The van der Waals surface area contributed by atoms with Crippen LogP contribution in [0.15, 0.2) is 47.4 Å². The van der Waals surface area contributed by atoms with E-state index in [0.717, 1.165) is 12.1 Å². The molecule has 0 aliphatic rings. The lowest BCUT2D eigenvalue weighted by Crippen LogP contribution is -2.32. The first-order valence-electron chi connectivity index (χ1n) is 7.68. The van der Waals surface area contributed by atoms with Crippen molar-refractivity contribution in [1.82, 2.24) is 10.0 Å². The minimum atomic E-state index is -3.76. The molecule has 0 radical (unpaired) electrons. The molecule has 0 fully saturated rings. The van der Waals surface area contributed by atoms with Gasteiger partial charge in [-0.3, -0.25) is 4.79 Å². The van der Waals surface area contributed by atoms with Crippen LogP contribution in [0.25, 0.3) is 0 Å². The summed E-state index contributed by atoms with van der Waals surface area (Å²) in [6, 6.07) is 7.99. The molecule has 2 aromatic rings. The van der Waals surface area contributed by atoms with Gasteiger partial charge in [0.1, 0.15) is 11.6 Å². The highest BCUT2D eigenvalue weighted by atomic mass is 35.5. The molecule has 0 heterocycles. The van der Waals surface area contributed by atoms with E-state index in [1.165, 1.54) is 30.3 Å². The van der Waals surface area contributed by atoms with E-state index < -0.39 is 33.6 Å². The van der Waals surface area contributed by atoms with Crippen LogP contribution in [0.2, 0.25) is 5.02 Å². The fraction of sp³-hybridized carbons (Fsp3) is 0.235. The summed E-state index contributed by atoms with van der Waals surface area (Å²) in [6.07, 6.45) is -0.139. The lowest BCUT2D eigenvalue weighted by atomic mass is 10.1. The summed E-state index contributed by atoms with van der Waals surface area (Å²) in [5.41, 5.74) is 0.140. The van der Waals surface area contributed by atoms with E-state index >= 15 is 0 Å². The molecule has 0 aliphatic carbocycles. The Morgan fingerprint density at radius 1 is 1.15 bits per heavy atom. The lowest BCUT2D eigenvalue weighted by molar-refractivity contribution is -0.121. The Morgan fingerprint density at radius 3 is 2.42 bits per heavy atom. The molecule has 2 rings (SSSR count). The van der Waals surface area contributed by atoms with Crippen molar-refractivity contribution in [2.45, 2.75) is 24.3 Å². The van der Waals surface area contributed by atoms with Crippen molar-refractivity contribution in [1.29, 1.82) is 0 Å². The van der Waals surface area contributed by atoms with Gasteiger partial charge in [-0.2, -0.15) is 0 Å². The van der Waals surface area contributed by atoms with Crippen molar-refractivity contribution in [3.63, 3.8) is 0 Å². The van der Waals surface area contributed by atoms with Crippen molar-refractivity contribution in [2.75, 3.05) is 6.54 Å². The highest BCUT2D eigenvalue weighted by Crippen LogP contribution is 2.18. The van der Waals surface area contributed by atoms with Gasteiger partial charge in [-0.15, -0.1) is 0 Å². The topological polar surface area (TPSA) is 75.3 Å². The maximum absolute atomic E-state index is 13.7. The summed E-state index contributed by atoms with van der Waals surface area (Å²) in [7, 11) is -3.76. The molecule has 1 amide bonds. The van der Waals surface area contributed by atoms with Gasteiger partial charge in [-0.25, -0.2) is 21.9 Å². The Hall–Kier alpha value is -2.03. The van der Waals surface area contributed by atoms with Crippen molar-refractivity contribution < 1.29 is 22.0 Å². The monoisotopic (exact) mass is 402 g/mol. The molecule has 0 aromatic heterocycles. The number of amides is 1. The number of carbonyl (C=O) groups excluding carboxylic acids is 1. The molecule has 140 valence electrons. The van der Waals surface area contributed by atoms with Gasteiger partial charge in [0.15, 0.2) is 0 Å². The number of halogens is 3. The number of hydrogen-bond donors (Lipinski definition) is 2. The molecule has 2 aromatic carbocycles. The van der Waals surface area contributed by atoms with Crippen LogP contribution in [0.3, 0.4) is 0 Å². The van der Waals surface area contributed by atoms with E-state index in [4.69, 9.17) is 11.6 Å². The number of hydrogen-bond acceptors (Lipinski definition) is 3. The van der Waals surface area contributed by atoms with Crippen LogP contribution in [0.5, 0.6) is 0 Å². The molecule has 0 aliphatic heterocycles. The molecule has 0 saturated carbocycles. The Labute approximate surface area is 155 Å². The smallest absolute Gasteiger partial charge is 0.240 e. The molecule has 0 bridgehead atoms. The first-order valence-corrected chi connectivity index (χ1v) is 9.54. The zero-order valence-electron chi connectivity index (χ0n) is 13.8. The van der Waals surface area contributed by atoms with Crippen LogP contribution < -0.4 is 10.0 Å². The van der Waals surface area contributed by atoms with Gasteiger partial charge in [0, 0.05) is 29.6 Å². The average molecular weight is 403 g/mol. The summed E-state index contributed by atoms with van der Waals surface area (Å²) in [6.45, 7) is 1.42. The van der Waals surface area contributed by atoms with E-state index in [1.807, 2.05) is 0 Å². The Balaban J connectivity index is 1.87. The third kappa shape index (κ3) is 5.48. The number of rotatable bonds is 7. The predicted octanol–water partition coefficient (Wildman–Crippen LogP) is 3.16. The highest BCUT2D eigenvalue weighted by molar-refractivity contribution is 7.89. The minimum absolute atomic E-state index is 0.0315. The van der Waals surface area contributed by atoms with Crippen LogP contribution in [-0.4, -0.2) is 20.9 Å². The maximum atomic E-state index is 13.7. The zero-order chi connectivity index (χ0) is 19.3. The second-order valence-electron chi connectivity index (χ2n) is 5.56. The standard InChI is InChI=1S/C17H17ClF2N2O3S/c1-11(15-7-4-13(19)10-16(15)20)22-17(23)8-9-21-26(24,25)14-5-2-12(18)3-6-14/h2-7,10-11,21H,8-9H2,1H3,(H,22,23)/t11-/m0/s1. The molecule has 0 spiro atoms. The second kappa shape index (κ2) is 8.57. The van der Waals surface area contributed by atoms with Crippen LogP contribution >= 0.6 is 11.6 Å². The largest absolute Gasteiger partial charge is 0.349 e. The second-order valence-corrected chi connectivity index (χ2v) is 7.76. The number of nitrogens with one attached hydrogen (secondary N) is 2. The molecule has 0 unspecified atom stereocenters. The molecule has 0 saturated heterocycles. The third-order valence-corrected chi connectivity index (χ3v) is 5.30. The summed E-state index contributed by atoms with van der Waals surface area (Å²) in [5, 5.41) is 2.94. The Morgan fingerprint density at radius 2 is 1.81 bits per heavy atom. The first-order chi connectivity index (χ1) is 12.2. The van der Waals surface area contributed by atoms with Gasteiger partial charge >= 0.3 is 0 Å². The Kier molecular flexibility index (Phi) is 6.69.